The number of thiophene rings is 1. The lowest BCUT2D eigenvalue weighted by molar-refractivity contribution is 0.567. The third-order valence-electron chi connectivity index (χ3n) is 1.87. The fourth-order valence-electron chi connectivity index (χ4n) is 1.17. The molecule has 3 nitrogen and oxygen atoms in total. The van der Waals surface area contributed by atoms with Crippen LogP contribution in [-0.4, -0.2) is 20.1 Å². The lowest BCUT2D eigenvalue weighted by Gasteiger charge is -2.12. The van der Waals surface area contributed by atoms with Gasteiger partial charge in [0.05, 0.1) is 11.8 Å². The van der Waals surface area contributed by atoms with Crippen molar-refractivity contribution < 1.29 is 8.42 Å². The molecule has 0 aliphatic rings. The van der Waals surface area contributed by atoms with Gasteiger partial charge >= 0.3 is 0 Å². The Labute approximate surface area is 99.5 Å². The van der Waals surface area contributed by atoms with Crippen molar-refractivity contribution in [3.8, 4) is 0 Å². The summed E-state index contributed by atoms with van der Waals surface area (Å²) in [5, 5.41) is 1.93. The van der Waals surface area contributed by atoms with Gasteiger partial charge in [-0.05, 0) is 24.8 Å². The lowest BCUT2D eigenvalue weighted by Crippen LogP contribution is -2.28. The third kappa shape index (κ3) is 4.51. The fourth-order valence-corrected chi connectivity index (χ4v) is 3.58. The predicted octanol–water partition coefficient (Wildman–Crippen LogP) is 2.36. The molecule has 0 bridgehead atoms. The molecule has 15 heavy (non-hydrogen) atoms. The quantitative estimate of drug-likeness (QED) is 0.805. The Morgan fingerprint density at radius 2 is 2.33 bits per heavy atom. The summed E-state index contributed by atoms with van der Waals surface area (Å²) in [7, 11) is -3.20. The summed E-state index contributed by atoms with van der Waals surface area (Å²) in [4.78, 5) is 1.02. The van der Waals surface area contributed by atoms with E-state index in [-0.39, 0.29) is 11.8 Å². The molecule has 6 heteroatoms. The first-order valence-electron chi connectivity index (χ1n) is 4.64. The molecule has 0 saturated carbocycles. The maximum atomic E-state index is 11.5. The lowest BCUT2D eigenvalue weighted by atomic mass is 10.3. The Balaban J connectivity index is 2.54. The smallest absolute Gasteiger partial charge is 0.212 e. The predicted molar refractivity (Wildman–Crippen MR) is 65.0 cm³/mol. The van der Waals surface area contributed by atoms with E-state index in [9.17, 15) is 8.42 Å². The Morgan fingerprint density at radius 3 is 2.87 bits per heavy atom. The van der Waals surface area contributed by atoms with Crippen LogP contribution in [0.5, 0.6) is 0 Å². The molecular weight excluding hydrogens is 254 g/mol. The molecule has 0 fully saturated rings. The Hall–Kier alpha value is -0.100. The minimum absolute atomic E-state index is 0.0895. The molecule has 0 saturated heterocycles. The second-order valence-electron chi connectivity index (χ2n) is 3.22. The van der Waals surface area contributed by atoms with Crippen LogP contribution in [-0.2, 0) is 10.0 Å². The first-order chi connectivity index (χ1) is 7.05. The highest BCUT2D eigenvalue weighted by molar-refractivity contribution is 7.89. The van der Waals surface area contributed by atoms with Crippen LogP contribution in [0, 0.1) is 0 Å². The molecule has 1 N–H and O–H groups in total. The zero-order valence-electron chi connectivity index (χ0n) is 8.44. The summed E-state index contributed by atoms with van der Waals surface area (Å²) in [6, 6.07) is 3.66. The summed E-state index contributed by atoms with van der Waals surface area (Å²) in [5.74, 6) is 0.459. The minimum Gasteiger partial charge on any atom is -0.212 e. The van der Waals surface area contributed by atoms with Crippen LogP contribution in [0.2, 0.25) is 0 Å². The molecule has 1 aromatic rings. The molecule has 0 aliphatic carbocycles. The van der Waals surface area contributed by atoms with Gasteiger partial charge in [-0.25, -0.2) is 13.1 Å². The van der Waals surface area contributed by atoms with E-state index in [1.807, 2.05) is 24.4 Å². The van der Waals surface area contributed by atoms with E-state index in [0.717, 1.165) is 4.88 Å². The summed E-state index contributed by atoms with van der Waals surface area (Å²) in [6.45, 7) is 1.84. The van der Waals surface area contributed by atoms with Gasteiger partial charge in [0.25, 0.3) is 0 Å². The van der Waals surface area contributed by atoms with E-state index >= 15 is 0 Å². The van der Waals surface area contributed by atoms with Gasteiger partial charge in [0.2, 0.25) is 10.0 Å². The summed E-state index contributed by atoms with van der Waals surface area (Å²) >= 11 is 7.00. The second-order valence-corrected chi connectivity index (χ2v) is 6.45. The van der Waals surface area contributed by atoms with Gasteiger partial charge in [-0.3, -0.25) is 0 Å². The van der Waals surface area contributed by atoms with E-state index in [4.69, 9.17) is 11.6 Å². The van der Waals surface area contributed by atoms with Crippen molar-refractivity contribution in [2.45, 2.75) is 19.4 Å². The number of sulfonamides is 1. The van der Waals surface area contributed by atoms with Crippen molar-refractivity contribution in [2.24, 2.45) is 0 Å². The van der Waals surface area contributed by atoms with Crippen molar-refractivity contribution in [2.75, 3.05) is 11.6 Å². The van der Waals surface area contributed by atoms with Gasteiger partial charge in [0.1, 0.15) is 0 Å². The largest absolute Gasteiger partial charge is 0.212 e. The van der Waals surface area contributed by atoms with Gasteiger partial charge < -0.3 is 0 Å². The van der Waals surface area contributed by atoms with Gasteiger partial charge in [0, 0.05) is 10.8 Å². The molecule has 86 valence electrons. The van der Waals surface area contributed by atoms with Crippen LogP contribution in [0.1, 0.15) is 24.3 Å². The first kappa shape index (κ1) is 13.0. The second kappa shape index (κ2) is 5.84. The Bertz CT molecular complexity index is 375. The van der Waals surface area contributed by atoms with Crippen molar-refractivity contribution in [3.05, 3.63) is 22.4 Å². The molecule has 1 rings (SSSR count). The van der Waals surface area contributed by atoms with E-state index in [1.165, 1.54) is 0 Å². The molecule has 1 heterocycles. The van der Waals surface area contributed by atoms with Crippen LogP contribution in [0.15, 0.2) is 17.5 Å². The summed E-state index contributed by atoms with van der Waals surface area (Å²) in [6.07, 6.45) is 0.480. The normalized spacial score (nSPS) is 14.0. The van der Waals surface area contributed by atoms with Crippen molar-refractivity contribution in [3.63, 3.8) is 0 Å². The standard InChI is InChI=1S/C9H14ClNO2S2/c1-8(9-4-2-6-14-9)11-15(12,13)7-3-5-10/h2,4,6,8,11H,3,5,7H2,1H3/t8-/m1/s1. The monoisotopic (exact) mass is 267 g/mol. The highest BCUT2D eigenvalue weighted by atomic mass is 35.5. The fraction of sp³-hybridized carbons (Fsp3) is 0.556. The van der Waals surface area contributed by atoms with E-state index in [0.29, 0.717) is 12.3 Å². The molecule has 0 radical (unpaired) electrons. The number of rotatable bonds is 6. The topological polar surface area (TPSA) is 46.2 Å². The first-order valence-corrected chi connectivity index (χ1v) is 7.71. The van der Waals surface area contributed by atoms with E-state index < -0.39 is 10.0 Å². The number of alkyl halides is 1. The SMILES string of the molecule is C[C@@H](NS(=O)(=O)CCCCl)c1cccs1. The van der Waals surface area contributed by atoms with E-state index in [1.54, 1.807) is 11.3 Å². The number of nitrogens with one attached hydrogen (secondary N) is 1. The van der Waals surface area contributed by atoms with Crippen LogP contribution >= 0.6 is 22.9 Å². The maximum absolute atomic E-state index is 11.5. The van der Waals surface area contributed by atoms with Crippen LogP contribution in [0.4, 0.5) is 0 Å². The van der Waals surface area contributed by atoms with Gasteiger partial charge in [-0.15, -0.1) is 22.9 Å². The molecule has 0 unspecified atom stereocenters. The van der Waals surface area contributed by atoms with Gasteiger partial charge in [-0.1, -0.05) is 6.07 Å². The summed E-state index contributed by atoms with van der Waals surface area (Å²) in [5.41, 5.74) is 0. The Morgan fingerprint density at radius 1 is 1.60 bits per heavy atom. The Kier molecular flexibility index (Phi) is 5.05. The van der Waals surface area contributed by atoms with Crippen LogP contribution < -0.4 is 4.72 Å². The average Bonchev–Trinajstić information content (AvgIpc) is 2.67. The van der Waals surface area contributed by atoms with Crippen molar-refractivity contribution >= 4 is 33.0 Å². The maximum Gasteiger partial charge on any atom is 0.212 e. The molecule has 0 amide bonds. The number of hydrogen-bond donors (Lipinski definition) is 1. The highest BCUT2D eigenvalue weighted by Gasteiger charge is 2.15. The zero-order chi connectivity index (χ0) is 11.3. The van der Waals surface area contributed by atoms with Crippen molar-refractivity contribution in [1.82, 2.24) is 4.72 Å². The third-order valence-corrected chi connectivity index (χ3v) is 4.73. The van der Waals surface area contributed by atoms with Crippen LogP contribution in [0.25, 0.3) is 0 Å². The molecular formula is C9H14ClNO2S2. The molecule has 1 aromatic heterocycles. The summed E-state index contributed by atoms with van der Waals surface area (Å²) < 4.78 is 25.7. The van der Waals surface area contributed by atoms with Crippen LogP contribution in [0.3, 0.4) is 0 Å². The molecule has 0 spiro atoms. The number of hydrogen-bond acceptors (Lipinski definition) is 3. The number of halogens is 1. The molecule has 0 aromatic carbocycles. The molecule has 1 atom stereocenters. The minimum atomic E-state index is -3.20. The van der Waals surface area contributed by atoms with E-state index in [2.05, 4.69) is 4.72 Å². The van der Waals surface area contributed by atoms with Gasteiger partial charge in [-0.2, -0.15) is 0 Å². The highest BCUT2D eigenvalue weighted by Crippen LogP contribution is 2.18. The average molecular weight is 268 g/mol. The van der Waals surface area contributed by atoms with Gasteiger partial charge in [0.15, 0.2) is 0 Å². The molecule has 0 aliphatic heterocycles. The zero-order valence-corrected chi connectivity index (χ0v) is 10.8. The van der Waals surface area contributed by atoms with Crippen molar-refractivity contribution in [1.29, 1.82) is 0 Å².